The first-order valence-electron chi connectivity index (χ1n) is 3.15. The standard InChI is InChI=1S/C8H12FNO/c1-4-6(9)8(11-3)7(10)5-2/h4-5H,1,10H2,2-3H3/b7-5+,8-6-. The van der Waals surface area contributed by atoms with Gasteiger partial charge in [-0.05, 0) is 13.0 Å². The summed E-state index contributed by atoms with van der Waals surface area (Å²) in [6.45, 7) is 4.95. The minimum absolute atomic E-state index is 0.0301. The fourth-order valence-corrected chi connectivity index (χ4v) is 0.577. The van der Waals surface area contributed by atoms with Crippen LogP contribution in [0.1, 0.15) is 6.92 Å². The van der Waals surface area contributed by atoms with Gasteiger partial charge in [-0.2, -0.15) is 0 Å². The smallest absolute Gasteiger partial charge is 0.177 e. The van der Waals surface area contributed by atoms with Gasteiger partial charge in [-0.3, -0.25) is 0 Å². The van der Waals surface area contributed by atoms with Crippen molar-refractivity contribution >= 4 is 0 Å². The second-order valence-electron chi connectivity index (χ2n) is 1.83. The van der Waals surface area contributed by atoms with Crippen LogP contribution in [0.15, 0.2) is 36.0 Å². The molecule has 2 N–H and O–H groups in total. The van der Waals surface area contributed by atoms with Gasteiger partial charge in [0, 0.05) is 0 Å². The highest BCUT2D eigenvalue weighted by Crippen LogP contribution is 2.13. The van der Waals surface area contributed by atoms with E-state index < -0.39 is 5.83 Å². The summed E-state index contributed by atoms with van der Waals surface area (Å²) in [5.41, 5.74) is 5.66. The van der Waals surface area contributed by atoms with Gasteiger partial charge in [0.1, 0.15) is 0 Å². The van der Waals surface area contributed by atoms with E-state index >= 15 is 0 Å². The fourth-order valence-electron chi connectivity index (χ4n) is 0.577. The Bertz CT molecular complexity index is 206. The SMILES string of the molecule is C=C/C(F)=C(OC)\C(N)=C/C. The lowest BCUT2D eigenvalue weighted by Crippen LogP contribution is -2.03. The molecule has 0 aliphatic heterocycles. The van der Waals surface area contributed by atoms with Crippen LogP contribution in [0.25, 0.3) is 0 Å². The number of hydrogen-bond donors (Lipinski definition) is 1. The first kappa shape index (κ1) is 9.75. The summed E-state index contributed by atoms with van der Waals surface area (Å²) in [5, 5.41) is 0. The third kappa shape index (κ3) is 2.45. The third-order valence-corrected chi connectivity index (χ3v) is 1.17. The predicted octanol–water partition coefficient (Wildman–Crippen LogP) is 1.86. The molecule has 0 saturated carbocycles. The second-order valence-corrected chi connectivity index (χ2v) is 1.83. The Kier molecular flexibility index (Phi) is 4.03. The second kappa shape index (κ2) is 4.55. The lowest BCUT2D eigenvalue weighted by atomic mass is 10.3. The summed E-state index contributed by atoms with van der Waals surface area (Å²) in [6, 6.07) is 0. The van der Waals surface area contributed by atoms with Crippen LogP contribution < -0.4 is 5.73 Å². The van der Waals surface area contributed by atoms with E-state index in [9.17, 15) is 4.39 Å². The molecule has 0 unspecified atom stereocenters. The highest BCUT2D eigenvalue weighted by atomic mass is 19.1. The van der Waals surface area contributed by atoms with Crippen molar-refractivity contribution in [2.24, 2.45) is 5.73 Å². The van der Waals surface area contributed by atoms with Crippen LogP contribution in [0.2, 0.25) is 0 Å². The largest absolute Gasteiger partial charge is 0.492 e. The molecular formula is C8H12FNO. The molecule has 0 aromatic rings. The van der Waals surface area contributed by atoms with E-state index in [1.54, 1.807) is 13.0 Å². The molecule has 0 fully saturated rings. The van der Waals surface area contributed by atoms with Gasteiger partial charge in [0.25, 0.3) is 0 Å². The minimum Gasteiger partial charge on any atom is -0.492 e. The fraction of sp³-hybridized carbons (Fsp3) is 0.250. The molecule has 0 bridgehead atoms. The Labute approximate surface area is 65.8 Å². The first-order chi connectivity index (χ1) is 5.17. The van der Waals surface area contributed by atoms with Crippen LogP contribution in [-0.4, -0.2) is 7.11 Å². The zero-order valence-corrected chi connectivity index (χ0v) is 6.73. The first-order valence-corrected chi connectivity index (χ1v) is 3.15. The highest BCUT2D eigenvalue weighted by Gasteiger charge is 2.04. The maximum Gasteiger partial charge on any atom is 0.177 e. The maximum atomic E-state index is 12.7. The molecule has 0 radical (unpaired) electrons. The molecule has 2 nitrogen and oxygen atoms in total. The summed E-state index contributed by atoms with van der Waals surface area (Å²) in [6.07, 6.45) is 2.61. The van der Waals surface area contributed by atoms with Gasteiger partial charge in [-0.25, -0.2) is 4.39 Å². The van der Waals surface area contributed by atoms with E-state index in [0.29, 0.717) is 0 Å². The van der Waals surface area contributed by atoms with Crippen molar-refractivity contribution in [2.75, 3.05) is 7.11 Å². The van der Waals surface area contributed by atoms with E-state index in [4.69, 9.17) is 10.5 Å². The summed E-state index contributed by atoms with van der Waals surface area (Å²) in [4.78, 5) is 0. The summed E-state index contributed by atoms with van der Waals surface area (Å²) in [5.74, 6) is -0.523. The molecule has 3 heteroatoms. The van der Waals surface area contributed by atoms with Gasteiger partial charge in [-0.15, -0.1) is 0 Å². The molecule has 0 saturated heterocycles. The minimum atomic E-state index is -0.553. The zero-order valence-electron chi connectivity index (χ0n) is 6.73. The number of methoxy groups -OCH3 is 1. The van der Waals surface area contributed by atoms with Gasteiger partial charge in [-0.1, -0.05) is 12.7 Å². The van der Waals surface area contributed by atoms with Crippen molar-refractivity contribution in [1.29, 1.82) is 0 Å². The molecule has 0 aromatic carbocycles. The topological polar surface area (TPSA) is 35.2 Å². The average Bonchev–Trinajstić information content (AvgIpc) is 2.05. The normalized spacial score (nSPS) is 13.9. The van der Waals surface area contributed by atoms with E-state index in [-0.39, 0.29) is 11.5 Å². The van der Waals surface area contributed by atoms with Gasteiger partial charge in [0.15, 0.2) is 11.6 Å². The van der Waals surface area contributed by atoms with E-state index in [1.807, 2.05) is 0 Å². The van der Waals surface area contributed by atoms with Crippen LogP contribution in [0, 0.1) is 0 Å². The van der Waals surface area contributed by atoms with E-state index in [1.165, 1.54) is 7.11 Å². The third-order valence-electron chi connectivity index (χ3n) is 1.17. The number of allylic oxidation sites excluding steroid dienone is 3. The Morgan fingerprint density at radius 2 is 2.18 bits per heavy atom. The predicted molar refractivity (Wildman–Crippen MR) is 43.3 cm³/mol. The zero-order chi connectivity index (χ0) is 8.85. The molecule has 0 rings (SSSR count). The Hall–Kier alpha value is -1.25. The Morgan fingerprint density at radius 1 is 1.64 bits per heavy atom. The Morgan fingerprint density at radius 3 is 2.45 bits per heavy atom. The highest BCUT2D eigenvalue weighted by molar-refractivity contribution is 5.29. The number of nitrogens with two attached hydrogens (primary N) is 1. The van der Waals surface area contributed by atoms with E-state index in [2.05, 4.69) is 6.58 Å². The Balaban J connectivity index is 4.79. The van der Waals surface area contributed by atoms with Crippen molar-refractivity contribution in [3.63, 3.8) is 0 Å². The lowest BCUT2D eigenvalue weighted by Gasteiger charge is -2.05. The van der Waals surface area contributed by atoms with Crippen molar-refractivity contribution in [3.05, 3.63) is 36.0 Å². The summed E-state index contributed by atoms with van der Waals surface area (Å²) < 4.78 is 17.4. The molecule has 0 aromatic heterocycles. The number of halogens is 1. The molecule has 11 heavy (non-hydrogen) atoms. The van der Waals surface area contributed by atoms with E-state index in [0.717, 1.165) is 6.08 Å². The van der Waals surface area contributed by atoms with Crippen molar-refractivity contribution in [3.8, 4) is 0 Å². The van der Waals surface area contributed by atoms with Crippen LogP contribution >= 0.6 is 0 Å². The van der Waals surface area contributed by atoms with Crippen LogP contribution in [0.3, 0.4) is 0 Å². The van der Waals surface area contributed by atoms with Gasteiger partial charge in [0.2, 0.25) is 0 Å². The van der Waals surface area contributed by atoms with Crippen molar-refractivity contribution in [1.82, 2.24) is 0 Å². The maximum absolute atomic E-state index is 12.7. The van der Waals surface area contributed by atoms with Crippen molar-refractivity contribution in [2.45, 2.75) is 6.92 Å². The van der Waals surface area contributed by atoms with Crippen LogP contribution in [0.5, 0.6) is 0 Å². The number of ether oxygens (including phenoxy) is 1. The monoisotopic (exact) mass is 157 g/mol. The van der Waals surface area contributed by atoms with Gasteiger partial charge < -0.3 is 10.5 Å². The number of rotatable bonds is 3. The molecule has 0 spiro atoms. The molecule has 0 aliphatic carbocycles. The average molecular weight is 157 g/mol. The van der Waals surface area contributed by atoms with Gasteiger partial charge >= 0.3 is 0 Å². The van der Waals surface area contributed by atoms with Gasteiger partial charge in [0.05, 0.1) is 12.8 Å². The van der Waals surface area contributed by atoms with Crippen LogP contribution in [0.4, 0.5) is 4.39 Å². The molecule has 62 valence electrons. The van der Waals surface area contributed by atoms with Crippen molar-refractivity contribution < 1.29 is 9.13 Å². The summed E-state index contributed by atoms with van der Waals surface area (Å²) >= 11 is 0. The summed E-state index contributed by atoms with van der Waals surface area (Å²) in [7, 11) is 1.36. The lowest BCUT2D eigenvalue weighted by molar-refractivity contribution is 0.286. The molecule has 0 heterocycles. The molecule has 0 aliphatic rings. The van der Waals surface area contributed by atoms with Crippen LogP contribution in [-0.2, 0) is 4.74 Å². The quantitative estimate of drug-likeness (QED) is 0.501. The molecule has 0 atom stereocenters. The molecular weight excluding hydrogens is 145 g/mol. The molecule has 0 amide bonds. The number of hydrogen-bond acceptors (Lipinski definition) is 2.